The Kier molecular flexibility index (Phi) is 8.11. The van der Waals surface area contributed by atoms with Crippen molar-refractivity contribution < 1.29 is 19.2 Å². The lowest BCUT2D eigenvalue weighted by atomic mass is 9.83. The minimum atomic E-state index is -0.499. The van der Waals surface area contributed by atoms with Crippen LogP contribution in [0.4, 0.5) is 0 Å². The predicted molar refractivity (Wildman–Crippen MR) is 63.6 cm³/mol. The van der Waals surface area contributed by atoms with Crippen LogP contribution in [0.3, 0.4) is 0 Å². The number of carbonyl (C=O) groups excluding carboxylic acids is 4. The SMILES string of the molecule is CCC(C=O)C(CC)C(=O)C(=O)CCCC=O. The van der Waals surface area contributed by atoms with E-state index in [0.717, 1.165) is 12.6 Å². The number of ketones is 2. The highest BCUT2D eigenvalue weighted by atomic mass is 16.2. The number of hydrogen-bond donors (Lipinski definition) is 0. The van der Waals surface area contributed by atoms with Crippen molar-refractivity contribution in [3.05, 3.63) is 0 Å². The third kappa shape index (κ3) is 5.02. The zero-order valence-electron chi connectivity index (χ0n) is 10.5. The van der Waals surface area contributed by atoms with Gasteiger partial charge in [0.25, 0.3) is 0 Å². The van der Waals surface area contributed by atoms with Crippen molar-refractivity contribution in [3.63, 3.8) is 0 Å². The number of aldehydes is 2. The Labute approximate surface area is 102 Å². The van der Waals surface area contributed by atoms with Crippen LogP contribution in [-0.4, -0.2) is 24.1 Å². The summed E-state index contributed by atoms with van der Waals surface area (Å²) in [6, 6.07) is 0. The van der Waals surface area contributed by atoms with Gasteiger partial charge in [0.2, 0.25) is 5.78 Å². The van der Waals surface area contributed by atoms with Crippen molar-refractivity contribution in [2.24, 2.45) is 11.8 Å². The summed E-state index contributed by atoms with van der Waals surface area (Å²) in [5.41, 5.74) is 0. The van der Waals surface area contributed by atoms with Gasteiger partial charge in [-0.1, -0.05) is 13.8 Å². The summed E-state index contributed by atoms with van der Waals surface area (Å²) in [6.07, 6.45) is 3.34. The second kappa shape index (κ2) is 8.79. The third-order valence-electron chi connectivity index (χ3n) is 2.94. The van der Waals surface area contributed by atoms with E-state index in [2.05, 4.69) is 0 Å². The molecule has 0 fully saturated rings. The Bertz CT molecular complexity index is 283. The van der Waals surface area contributed by atoms with Crippen molar-refractivity contribution in [3.8, 4) is 0 Å². The Morgan fingerprint density at radius 2 is 1.76 bits per heavy atom. The first-order valence-corrected chi connectivity index (χ1v) is 6.08. The van der Waals surface area contributed by atoms with Crippen molar-refractivity contribution in [1.82, 2.24) is 0 Å². The van der Waals surface area contributed by atoms with Gasteiger partial charge in [0.1, 0.15) is 12.6 Å². The Balaban J connectivity index is 4.46. The van der Waals surface area contributed by atoms with E-state index in [1.807, 2.05) is 6.92 Å². The fraction of sp³-hybridized carbons (Fsp3) is 0.692. The Morgan fingerprint density at radius 1 is 1.12 bits per heavy atom. The van der Waals surface area contributed by atoms with Crippen LogP contribution in [0.15, 0.2) is 0 Å². The molecule has 4 heteroatoms. The number of unbranched alkanes of at least 4 members (excludes halogenated alkanes) is 1. The summed E-state index contributed by atoms with van der Waals surface area (Å²) in [4.78, 5) is 44.3. The molecule has 0 aliphatic carbocycles. The van der Waals surface area contributed by atoms with E-state index >= 15 is 0 Å². The molecule has 4 nitrogen and oxygen atoms in total. The smallest absolute Gasteiger partial charge is 0.202 e. The number of rotatable bonds is 10. The molecule has 0 aromatic carbocycles. The highest BCUT2D eigenvalue weighted by molar-refractivity contribution is 6.38. The van der Waals surface area contributed by atoms with E-state index in [0.29, 0.717) is 25.7 Å². The lowest BCUT2D eigenvalue weighted by Crippen LogP contribution is -2.30. The average Bonchev–Trinajstić information content (AvgIpc) is 2.35. The molecule has 0 aromatic heterocycles. The van der Waals surface area contributed by atoms with Gasteiger partial charge in [-0.25, -0.2) is 0 Å². The summed E-state index contributed by atoms with van der Waals surface area (Å²) in [7, 11) is 0. The quantitative estimate of drug-likeness (QED) is 0.331. The Hall–Kier alpha value is -1.32. The molecule has 0 heterocycles. The van der Waals surface area contributed by atoms with Gasteiger partial charge in [-0.05, 0) is 19.3 Å². The van der Waals surface area contributed by atoms with E-state index in [-0.39, 0.29) is 12.3 Å². The van der Waals surface area contributed by atoms with E-state index in [4.69, 9.17) is 0 Å². The van der Waals surface area contributed by atoms with Crippen LogP contribution in [0.5, 0.6) is 0 Å². The first kappa shape index (κ1) is 15.7. The molecule has 0 aliphatic heterocycles. The summed E-state index contributed by atoms with van der Waals surface area (Å²) in [5.74, 6) is -1.79. The zero-order valence-corrected chi connectivity index (χ0v) is 10.5. The summed E-state index contributed by atoms with van der Waals surface area (Å²) < 4.78 is 0. The van der Waals surface area contributed by atoms with Crippen LogP contribution in [0.1, 0.15) is 46.0 Å². The lowest BCUT2D eigenvalue weighted by Gasteiger charge is -2.17. The van der Waals surface area contributed by atoms with Crippen LogP contribution in [0, 0.1) is 11.8 Å². The molecule has 0 spiro atoms. The van der Waals surface area contributed by atoms with Crippen molar-refractivity contribution in [1.29, 1.82) is 0 Å². The normalized spacial score (nSPS) is 13.8. The minimum Gasteiger partial charge on any atom is -0.303 e. The van der Waals surface area contributed by atoms with Crippen LogP contribution in [0.25, 0.3) is 0 Å². The largest absolute Gasteiger partial charge is 0.303 e. The average molecular weight is 240 g/mol. The molecule has 0 radical (unpaired) electrons. The predicted octanol–water partition coefficient (Wildman–Crippen LogP) is 1.75. The molecule has 0 N–H and O–H groups in total. The molecule has 0 rings (SSSR count). The molecule has 0 amide bonds. The number of Topliss-reactive ketones (excluding diaryl/α,β-unsaturated/α-hetero) is 2. The molecular weight excluding hydrogens is 220 g/mol. The van der Waals surface area contributed by atoms with Crippen molar-refractivity contribution >= 4 is 24.1 Å². The van der Waals surface area contributed by atoms with E-state index < -0.39 is 17.5 Å². The minimum absolute atomic E-state index is 0.101. The molecule has 0 aromatic rings. The lowest BCUT2D eigenvalue weighted by molar-refractivity contribution is -0.141. The molecule has 0 bridgehead atoms. The summed E-state index contributed by atoms with van der Waals surface area (Å²) in [6.45, 7) is 3.62. The van der Waals surface area contributed by atoms with Gasteiger partial charge in [0, 0.05) is 24.7 Å². The third-order valence-corrected chi connectivity index (χ3v) is 2.94. The van der Waals surface area contributed by atoms with Gasteiger partial charge >= 0.3 is 0 Å². The maximum absolute atomic E-state index is 11.8. The van der Waals surface area contributed by atoms with Crippen LogP contribution >= 0.6 is 0 Å². The molecular formula is C13H20O4. The van der Waals surface area contributed by atoms with Crippen LogP contribution in [-0.2, 0) is 19.2 Å². The van der Waals surface area contributed by atoms with E-state index in [9.17, 15) is 19.2 Å². The van der Waals surface area contributed by atoms with Crippen molar-refractivity contribution in [2.75, 3.05) is 0 Å². The highest BCUT2D eigenvalue weighted by Crippen LogP contribution is 2.19. The molecule has 17 heavy (non-hydrogen) atoms. The topological polar surface area (TPSA) is 68.3 Å². The van der Waals surface area contributed by atoms with Gasteiger partial charge in [-0.2, -0.15) is 0 Å². The first-order chi connectivity index (χ1) is 8.12. The number of hydrogen-bond acceptors (Lipinski definition) is 4. The van der Waals surface area contributed by atoms with E-state index in [1.165, 1.54) is 0 Å². The van der Waals surface area contributed by atoms with E-state index in [1.54, 1.807) is 6.92 Å². The monoisotopic (exact) mass is 240 g/mol. The molecule has 2 unspecified atom stereocenters. The van der Waals surface area contributed by atoms with Crippen LogP contribution < -0.4 is 0 Å². The second-order valence-corrected chi connectivity index (χ2v) is 4.07. The fourth-order valence-electron chi connectivity index (χ4n) is 1.83. The maximum Gasteiger partial charge on any atom is 0.202 e. The van der Waals surface area contributed by atoms with Gasteiger partial charge < -0.3 is 9.59 Å². The molecule has 96 valence electrons. The fourth-order valence-corrected chi connectivity index (χ4v) is 1.83. The standard InChI is InChI=1S/C13H20O4/c1-3-10(9-15)11(4-2)13(17)12(16)7-5-6-8-14/h8-11H,3-7H2,1-2H3. The highest BCUT2D eigenvalue weighted by Gasteiger charge is 2.29. The molecule has 2 atom stereocenters. The second-order valence-electron chi connectivity index (χ2n) is 4.07. The maximum atomic E-state index is 11.8. The van der Waals surface area contributed by atoms with Crippen molar-refractivity contribution in [2.45, 2.75) is 46.0 Å². The first-order valence-electron chi connectivity index (χ1n) is 6.08. The molecule has 0 saturated carbocycles. The number of carbonyl (C=O) groups is 4. The molecule has 0 aliphatic rings. The van der Waals surface area contributed by atoms with Gasteiger partial charge in [-0.15, -0.1) is 0 Å². The Morgan fingerprint density at radius 3 is 2.18 bits per heavy atom. The van der Waals surface area contributed by atoms with Gasteiger partial charge in [0.15, 0.2) is 5.78 Å². The summed E-state index contributed by atoms with van der Waals surface area (Å²) in [5, 5.41) is 0. The summed E-state index contributed by atoms with van der Waals surface area (Å²) >= 11 is 0. The van der Waals surface area contributed by atoms with Gasteiger partial charge in [-0.3, -0.25) is 9.59 Å². The zero-order chi connectivity index (χ0) is 13.3. The van der Waals surface area contributed by atoms with Gasteiger partial charge in [0.05, 0.1) is 0 Å². The van der Waals surface area contributed by atoms with Crippen LogP contribution in [0.2, 0.25) is 0 Å². The molecule has 0 saturated heterocycles.